The highest BCUT2D eigenvalue weighted by molar-refractivity contribution is 14.1. The first-order valence-electron chi connectivity index (χ1n) is 6.41. The zero-order valence-electron chi connectivity index (χ0n) is 11.1. The lowest BCUT2D eigenvalue weighted by Crippen LogP contribution is -2.36. The van der Waals surface area contributed by atoms with E-state index >= 15 is 0 Å². The number of rotatable bonds is 3. The highest BCUT2D eigenvalue weighted by Gasteiger charge is 2.33. The molecule has 100 valence electrons. The quantitative estimate of drug-likeness (QED) is 0.429. The molecule has 0 aromatic rings. The Hall–Kier alpha value is 0. The van der Waals surface area contributed by atoms with E-state index in [-0.39, 0.29) is 10.2 Å². The first kappa shape index (κ1) is 15.1. The molecule has 1 aliphatic carbocycles. The second-order valence-corrected chi connectivity index (χ2v) is 7.15. The maximum absolute atomic E-state index is 11.5. The van der Waals surface area contributed by atoms with Gasteiger partial charge in [-0.3, -0.25) is 0 Å². The van der Waals surface area contributed by atoms with Crippen LogP contribution >= 0.6 is 22.6 Å². The molecule has 1 rings (SSSR count). The number of halogens is 1. The maximum atomic E-state index is 11.5. The molecule has 1 fully saturated rings. The van der Waals surface area contributed by atoms with Gasteiger partial charge in [-0.15, -0.1) is 0 Å². The van der Waals surface area contributed by atoms with E-state index in [0.717, 1.165) is 12.8 Å². The molecule has 3 unspecified atom stereocenters. The molecule has 0 aromatic carbocycles. The van der Waals surface area contributed by atoms with Crippen LogP contribution in [0.25, 0.3) is 0 Å². The van der Waals surface area contributed by atoms with E-state index in [4.69, 9.17) is 9.47 Å². The Balaban J connectivity index is 2.54. The summed E-state index contributed by atoms with van der Waals surface area (Å²) in [5.41, 5.74) is 0. The fraction of sp³-hybridized carbons (Fsp3) is 0.923. The van der Waals surface area contributed by atoms with Gasteiger partial charge in [0.1, 0.15) is 6.10 Å². The molecule has 0 bridgehead atoms. The third-order valence-corrected chi connectivity index (χ3v) is 3.72. The number of hydrogen-bond donors (Lipinski definition) is 0. The lowest BCUT2D eigenvalue weighted by atomic mass is 9.75. The summed E-state index contributed by atoms with van der Waals surface area (Å²) in [5.74, 6) is 1.67. The van der Waals surface area contributed by atoms with Crippen molar-refractivity contribution in [1.29, 1.82) is 0 Å². The molecular formula is C13H23IO3. The molecule has 0 amide bonds. The van der Waals surface area contributed by atoms with Crippen LogP contribution in [0.5, 0.6) is 0 Å². The van der Waals surface area contributed by atoms with E-state index in [0.29, 0.717) is 17.8 Å². The standard InChI is InChI=1S/C13H23IO3/c1-8(2)11-6-5-9(3)7-12(11)17-13(15)16-10(4)14/h8-12H,5-7H2,1-4H3/t9-,10?,11?,12?/m1/s1. The predicted molar refractivity (Wildman–Crippen MR) is 76.2 cm³/mol. The Morgan fingerprint density at radius 2 is 1.94 bits per heavy atom. The van der Waals surface area contributed by atoms with E-state index in [9.17, 15) is 4.79 Å². The van der Waals surface area contributed by atoms with Gasteiger partial charge in [-0.25, -0.2) is 4.79 Å². The van der Waals surface area contributed by atoms with Gasteiger partial charge in [0.25, 0.3) is 0 Å². The van der Waals surface area contributed by atoms with Crippen molar-refractivity contribution in [3.8, 4) is 0 Å². The van der Waals surface area contributed by atoms with Crippen LogP contribution in [0.3, 0.4) is 0 Å². The third-order valence-electron chi connectivity index (χ3n) is 3.47. The second-order valence-electron chi connectivity index (χ2n) is 5.39. The monoisotopic (exact) mass is 354 g/mol. The minimum absolute atomic E-state index is 0.0291. The summed E-state index contributed by atoms with van der Waals surface area (Å²) in [6, 6.07) is 0. The van der Waals surface area contributed by atoms with Gasteiger partial charge in [0.05, 0.1) is 0 Å². The van der Waals surface area contributed by atoms with Crippen molar-refractivity contribution in [2.75, 3.05) is 0 Å². The average molecular weight is 354 g/mol. The SMILES string of the molecule is CC(I)OC(=O)OC1C[C@H](C)CCC1C(C)C. The van der Waals surface area contributed by atoms with Crippen LogP contribution in [0.2, 0.25) is 0 Å². The Kier molecular flexibility index (Phi) is 6.03. The van der Waals surface area contributed by atoms with Gasteiger partial charge in [0, 0.05) is 0 Å². The van der Waals surface area contributed by atoms with Gasteiger partial charge >= 0.3 is 6.16 Å². The highest BCUT2D eigenvalue weighted by atomic mass is 127. The number of hydrogen-bond acceptors (Lipinski definition) is 3. The van der Waals surface area contributed by atoms with Gasteiger partial charge in [-0.2, -0.15) is 0 Å². The molecule has 0 aliphatic heterocycles. The van der Waals surface area contributed by atoms with Gasteiger partial charge in [0.15, 0.2) is 4.11 Å². The molecule has 0 radical (unpaired) electrons. The van der Waals surface area contributed by atoms with Crippen LogP contribution in [0, 0.1) is 17.8 Å². The molecule has 1 aliphatic rings. The van der Waals surface area contributed by atoms with Crippen LogP contribution in [0.4, 0.5) is 4.79 Å². The van der Waals surface area contributed by atoms with Gasteiger partial charge < -0.3 is 9.47 Å². The summed E-state index contributed by atoms with van der Waals surface area (Å²) in [4.78, 5) is 11.5. The molecule has 0 aromatic heterocycles. The molecule has 0 heterocycles. The zero-order valence-corrected chi connectivity index (χ0v) is 13.3. The number of ether oxygens (including phenoxy) is 2. The molecule has 17 heavy (non-hydrogen) atoms. The van der Waals surface area contributed by atoms with Crippen molar-refractivity contribution in [2.24, 2.45) is 17.8 Å². The maximum Gasteiger partial charge on any atom is 0.509 e. The largest absolute Gasteiger partial charge is 0.509 e. The smallest absolute Gasteiger partial charge is 0.431 e. The van der Waals surface area contributed by atoms with Gasteiger partial charge in [-0.05, 0) is 60.1 Å². The summed E-state index contributed by atoms with van der Waals surface area (Å²) < 4.78 is 10.4. The highest BCUT2D eigenvalue weighted by Crippen LogP contribution is 2.35. The van der Waals surface area contributed by atoms with E-state index < -0.39 is 6.16 Å². The van der Waals surface area contributed by atoms with Crippen molar-refractivity contribution >= 4 is 28.7 Å². The predicted octanol–water partition coefficient (Wildman–Crippen LogP) is 4.38. The second kappa shape index (κ2) is 6.81. The molecular weight excluding hydrogens is 331 g/mol. The van der Waals surface area contributed by atoms with E-state index in [1.807, 2.05) is 6.92 Å². The molecule has 1 saturated carbocycles. The molecule has 4 atom stereocenters. The van der Waals surface area contributed by atoms with Crippen molar-refractivity contribution < 1.29 is 14.3 Å². The molecule has 0 saturated heterocycles. The molecule has 3 nitrogen and oxygen atoms in total. The summed E-state index contributed by atoms with van der Waals surface area (Å²) >= 11 is 2.05. The number of carbonyl (C=O) groups excluding carboxylic acids is 1. The van der Waals surface area contributed by atoms with Gasteiger partial charge in [0.2, 0.25) is 0 Å². The van der Waals surface area contributed by atoms with Crippen LogP contribution in [0.15, 0.2) is 0 Å². The van der Waals surface area contributed by atoms with Crippen LogP contribution < -0.4 is 0 Å². The van der Waals surface area contributed by atoms with Crippen LogP contribution in [-0.2, 0) is 9.47 Å². The van der Waals surface area contributed by atoms with Crippen molar-refractivity contribution in [2.45, 2.75) is 57.2 Å². The molecule has 0 N–H and O–H groups in total. The summed E-state index contributed by atoms with van der Waals surface area (Å²) in [7, 11) is 0. The fourth-order valence-electron chi connectivity index (χ4n) is 2.53. The Bertz CT molecular complexity index is 253. The van der Waals surface area contributed by atoms with Crippen molar-refractivity contribution in [3.63, 3.8) is 0 Å². The fourth-order valence-corrected chi connectivity index (χ4v) is 2.74. The lowest BCUT2D eigenvalue weighted by Gasteiger charge is -2.36. The Morgan fingerprint density at radius 3 is 2.47 bits per heavy atom. The summed E-state index contributed by atoms with van der Waals surface area (Å²) in [5, 5.41) is 0. The van der Waals surface area contributed by atoms with E-state index in [2.05, 4.69) is 43.4 Å². The normalized spacial score (nSPS) is 31.1. The first-order chi connectivity index (χ1) is 7.90. The first-order valence-corrected chi connectivity index (χ1v) is 7.66. The van der Waals surface area contributed by atoms with Crippen molar-refractivity contribution in [3.05, 3.63) is 0 Å². The minimum atomic E-state index is -0.517. The van der Waals surface area contributed by atoms with Crippen LogP contribution in [0.1, 0.15) is 47.0 Å². The third kappa shape index (κ3) is 5.02. The molecule has 4 heteroatoms. The Morgan fingerprint density at radius 1 is 1.29 bits per heavy atom. The van der Waals surface area contributed by atoms with Crippen LogP contribution in [-0.4, -0.2) is 16.4 Å². The molecule has 0 spiro atoms. The zero-order chi connectivity index (χ0) is 13.0. The van der Waals surface area contributed by atoms with E-state index in [1.165, 1.54) is 6.42 Å². The average Bonchev–Trinajstić information content (AvgIpc) is 2.15. The van der Waals surface area contributed by atoms with Gasteiger partial charge in [-0.1, -0.05) is 27.2 Å². The summed E-state index contributed by atoms with van der Waals surface area (Å²) in [6.45, 7) is 8.44. The number of alkyl halides is 1. The summed E-state index contributed by atoms with van der Waals surface area (Å²) in [6.07, 6.45) is 2.86. The topological polar surface area (TPSA) is 35.5 Å². The number of carbonyl (C=O) groups is 1. The minimum Gasteiger partial charge on any atom is -0.431 e. The van der Waals surface area contributed by atoms with Crippen molar-refractivity contribution in [1.82, 2.24) is 0 Å². The Labute approximate surface area is 118 Å². The van der Waals surface area contributed by atoms with E-state index in [1.54, 1.807) is 0 Å². The lowest BCUT2D eigenvalue weighted by molar-refractivity contribution is -0.0320.